The van der Waals surface area contributed by atoms with Gasteiger partial charge in [0.25, 0.3) is 0 Å². The third kappa shape index (κ3) is 3.63. The van der Waals surface area contributed by atoms with E-state index in [1.807, 2.05) is 0 Å². The Bertz CT molecular complexity index is 1240. The number of fused-ring (bicyclic) bond motifs is 1. The minimum atomic E-state index is -4.49. The van der Waals surface area contributed by atoms with Crippen molar-refractivity contribution in [2.24, 2.45) is 0 Å². The number of aryl methyl sites for hydroxylation is 1. The Kier molecular flexibility index (Phi) is 5.56. The highest BCUT2D eigenvalue weighted by Crippen LogP contribution is 2.38. The Morgan fingerprint density at radius 3 is 2.23 bits per heavy atom. The molecule has 0 amide bonds. The van der Waals surface area contributed by atoms with E-state index in [1.165, 1.54) is 17.4 Å². The van der Waals surface area contributed by atoms with E-state index >= 15 is 0 Å². The first-order valence-corrected chi connectivity index (χ1v) is 10.9. The molecule has 0 spiro atoms. The average molecular weight is 435 g/mol. The highest BCUT2D eigenvalue weighted by Gasteiger charge is 2.31. The second kappa shape index (κ2) is 7.69. The Morgan fingerprint density at radius 1 is 1.10 bits per heavy atom. The lowest BCUT2D eigenvalue weighted by molar-refractivity contribution is -0.137. The lowest BCUT2D eigenvalue weighted by Crippen LogP contribution is -2.27. The topological polar surface area (TPSA) is 66.1 Å². The molecule has 1 aromatic heterocycles. The predicted molar refractivity (Wildman–Crippen MR) is 111 cm³/mol. The Hall–Kier alpha value is -2.99. The lowest BCUT2D eigenvalue weighted by Gasteiger charge is -2.19. The van der Waals surface area contributed by atoms with Gasteiger partial charge in [-0.15, -0.1) is 0 Å². The molecule has 0 bridgehead atoms. The highest BCUT2D eigenvalue weighted by molar-refractivity contribution is 7.92. The second-order valence-corrected chi connectivity index (χ2v) is 9.01. The summed E-state index contributed by atoms with van der Waals surface area (Å²) < 4.78 is 66.5. The van der Waals surface area contributed by atoms with Crippen molar-refractivity contribution in [3.05, 3.63) is 53.6 Å². The van der Waals surface area contributed by atoms with Crippen LogP contribution in [0.5, 0.6) is 0 Å². The first-order chi connectivity index (χ1) is 14.0. The van der Waals surface area contributed by atoms with Crippen LogP contribution in [0.4, 0.5) is 18.9 Å². The number of nitriles is 1. The Balaban J connectivity index is 2.20. The van der Waals surface area contributed by atoms with Gasteiger partial charge in [-0.1, -0.05) is 18.2 Å². The van der Waals surface area contributed by atoms with Gasteiger partial charge in [-0.2, -0.15) is 18.4 Å². The number of alkyl halides is 3. The lowest BCUT2D eigenvalue weighted by atomic mass is 10.0. The van der Waals surface area contributed by atoms with Crippen LogP contribution in [0.2, 0.25) is 0 Å². The van der Waals surface area contributed by atoms with Crippen LogP contribution in [0.25, 0.3) is 22.2 Å². The number of rotatable bonds is 5. The maximum atomic E-state index is 13.2. The zero-order valence-corrected chi connectivity index (χ0v) is 17.5. The smallest absolute Gasteiger partial charge is 0.340 e. The molecular formula is C21H20F3N3O2S. The van der Waals surface area contributed by atoms with Crippen LogP contribution < -0.4 is 4.31 Å². The van der Waals surface area contributed by atoms with Crippen molar-refractivity contribution in [2.75, 3.05) is 17.1 Å². The van der Waals surface area contributed by atoms with Crippen LogP contribution in [0.1, 0.15) is 25.0 Å². The molecule has 30 heavy (non-hydrogen) atoms. The van der Waals surface area contributed by atoms with Crippen molar-refractivity contribution in [3.8, 4) is 17.3 Å². The zero-order valence-electron chi connectivity index (χ0n) is 16.7. The summed E-state index contributed by atoms with van der Waals surface area (Å²) in [6.45, 7) is 3.70. The molecule has 0 unspecified atom stereocenters. The summed E-state index contributed by atoms with van der Waals surface area (Å²) in [4.78, 5) is 0. The van der Waals surface area contributed by atoms with Gasteiger partial charge in [-0.25, -0.2) is 8.42 Å². The van der Waals surface area contributed by atoms with E-state index in [9.17, 15) is 26.9 Å². The number of hydrogen-bond acceptors (Lipinski definition) is 3. The number of sulfonamides is 1. The van der Waals surface area contributed by atoms with Gasteiger partial charge < -0.3 is 4.57 Å². The molecular weight excluding hydrogens is 415 g/mol. The molecule has 0 saturated carbocycles. The van der Waals surface area contributed by atoms with E-state index in [-0.39, 0.29) is 11.3 Å². The predicted octanol–water partition coefficient (Wildman–Crippen LogP) is 5.00. The van der Waals surface area contributed by atoms with E-state index < -0.39 is 21.8 Å². The number of nitrogens with zero attached hydrogens (tertiary/aromatic N) is 3. The molecule has 158 valence electrons. The van der Waals surface area contributed by atoms with Crippen LogP contribution in [0.3, 0.4) is 0 Å². The van der Waals surface area contributed by atoms with E-state index in [2.05, 4.69) is 6.07 Å². The van der Waals surface area contributed by atoms with Crippen molar-refractivity contribution in [1.82, 2.24) is 4.57 Å². The van der Waals surface area contributed by atoms with Gasteiger partial charge in [0.2, 0.25) is 10.0 Å². The van der Waals surface area contributed by atoms with Gasteiger partial charge in [-0.05, 0) is 43.7 Å². The molecule has 0 saturated heterocycles. The fraction of sp³-hybridized carbons (Fsp3) is 0.286. The fourth-order valence-corrected chi connectivity index (χ4v) is 4.28. The molecule has 3 aromatic rings. The van der Waals surface area contributed by atoms with Crippen LogP contribution >= 0.6 is 0 Å². The van der Waals surface area contributed by atoms with Gasteiger partial charge in [0.05, 0.1) is 33.8 Å². The molecule has 2 aromatic carbocycles. The summed E-state index contributed by atoms with van der Waals surface area (Å²) in [5, 5.41) is 10.2. The van der Waals surface area contributed by atoms with Crippen molar-refractivity contribution < 1.29 is 21.6 Å². The van der Waals surface area contributed by atoms with Crippen molar-refractivity contribution in [2.45, 2.75) is 26.6 Å². The number of aromatic nitrogens is 1. The molecule has 0 radical (unpaired) electrons. The maximum Gasteiger partial charge on any atom is 0.416 e. The molecule has 9 heteroatoms. The van der Waals surface area contributed by atoms with Gasteiger partial charge in [-0.3, -0.25) is 4.31 Å². The van der Waals surface area contributed by atoms with Gasteiger partial charge in [0, 0.05) is 19.0 Å². The summed E-state index contributed by atoms with van der Waals surface area (Å²) >= 11 is 0. The first-order valence-electron chi connectivity index (χ1n) is 9.25. The molecule has 0 aliphatic carbocycles. The van der Waals surface area contributed by atoms with Crippen LogP contribution in [0, 0.1) is 11.3 Å². The largest absolute Gasteiger partial charge is 0.416 e. The quantitative estimate of drug-likeness (QED) is 0.566. The maximum absolute atomic E-state index is 13.2. The zero-order chi connectivity index (χ0) is 22.3. The number of hydrogen-bond donors (Lipinski definition) is 0. The number of benzene rings is 2. The Morgan fingerprint density at radius 2 is 1.73 bits per heavy atom. The molecule has 0 fully saturated rings. The summed E-state index contributed by atoms with van der Waals surface area (Å²) in [5.41, 5.74) is 1.40. The third-order valence-electron chi connectivity index (χ3n) is 5.11. The Labute approximate surface area is 173 Å². The van der Waals surface area contributed by atoms with E-state index in [1.54, 1.807) is 42.7 Å². The number of anilines is 1. The summed E-state index contributed by atoms with van der Waals surface area (Å²) in [5.74, 6) is -0.0462. The molecule has 0 aliphatic heterocycles. The van der Waals surface area contributed by atoms with Gasteiger partial charge in [0.1, 0.15) is 6.07 Å². The molecule has 0 N–H and O–H groups in total. The molecule has 0 aliphatic rings. The van der Waals surface area contributed by atoms with E-state index in [0.29, 0.717) is 34.4 Å². The second-order valence-electron chi connectivity index (χ2n) is 6.72. The van der Waals surface area contributed by atoms with Crippen LogP contribution in [-0.2, 0) is 22.7 Å². The summed E-state index contributed by atoms with van der Waals surface area (Å²) in [6, 6.07) is 12.0. The van der Waals surface area contributed by atoms with Crippen molar-refractivity contribution in [3.63, 3.8) is 0 Å². The monoisotopic (exact) mass is 435 g/mol. The van der Waals surface area contributed by atoms with Gasteiger partial charge in [0.15, 0.2) is 0 Å². The van der Waals surface area contributed by atoms with E-state index in [0.717, 1.165) is 12.1 Å². The number of halogens is 3. The SMILES string of the molecule is CCn1c(-c2ccc(N(C)S(=O)(=O)CC)cc2)c(C#N)c2ccc(C(F)(F)F)cc21. The fourth-order valence-electron chi connectivity index (χ4n) is 3.45. The molecule has 5 nitrogen and oxygen atoms in total. The van der Waals surface area contributed by atoms with Crippen molar-refractivity contribution >= 4 is 26.6 Å². The molecule has 1 heterocycles. The third-order valence-corrected chi connectivity index (χ3v) is 6.88. The normalized spacial score (nSPS) is 12.2. The van der Waals surface area contributed by atoms with Crippen LogP contribution in [0.15, 0.2) is 42.5 Å². The molecule has 0 atom stereocenters. The van der Waals surface area contributed by atoms with Crippen LogP contribution in [-0.4, -0.2) is 25.8 Å². The minimum absolute atomic E-state index is 0.0462. The summed E-state index contributed by atoms with van der Waals surface area (Å²) in [6.07, 6.45) is -4.49. The van der Waals surface area contributed by atoms with Gasteiger partial charge >= 0.3 is 6.18 Å². The first kappa shape index (κ1) is 21.7. The molecule has 3 rings (SSSR count). The summed E-state index contributed by atoms with van der Waals surface area (Å²) in [7, 11) is -1.97. The average Bonchev–Trinajstić information content (AvgIpc) is 3.05. The van der Waals surface area contributed by atoms with Crippen molar-refractivity contribution in [1.29, 1.82) is 5.26 Å². The standard InChI is InChI=1S/C21H20F3N3O2S/c1-4-27-19-12-15(21(22,23)24)8-11-17(19)18(13-25)20(27)14-6-9-16(10-7-14)26(3)30(28,29)5-2/h6-12H,4-5H2,1-3H3. The highest BCUT2D eigenvalue weighted by atomic mass is 32.2. The minimum Gasteiger partial charge on any atom is -0.340 e. The van der Waals surface area contributed by atoms with E-state index in [4.69, 9.17) is 0 Å².